The molecule has 0 radical (unpaired) electrons. The van der Waals surface area contributed by atoms with Crippen molar-refractivity contribution >= 4 is 51.0 Å². The summed E-state index contributed by atoms with van der Waals surface area (Å²) in [7, 11) is 9.58. The number of amides is 1. The smallest absolute Gasteiger partial charge is 0.247 e. The summed E-state index contributed by atoms with van der Waals surface area (Å²) in [5.74, 6) is 0.632. The van der Waals surface area contributed by atoms with Gasteiger partial charge in [0.15, 0.2) is 0 Å². The number of aromatic nitrogens is 5. The lowest BCUT2D eigenvalue weighted by Crippen LogP contribution is -2.29. The Morgan fingerprint density at radius 3 is 2.73 bits per heavy atom. The van der Waals surface area contributed by atoms with Gasteiger partial charge in [-0.1, -0.05) is 6.58 Å². The largest absolute Gasteiger partial charge is 0.494 e. The second kappa shape index (κ2) is 11.1. The van der Waals surface area contributed by atoms with E-state index in [1.807, 2.05) is 75.6 Å². The van der Waals surface area contributed by atoms with Crippen molar-refractivity contribution in [1.29, 1.82) is 0 Å². The van der Waals surface area contributed by atoms with Crippen LogP contribution in [-0.2, 0) is 11.8 Å². The number of H-pyrrole nitrogens is 1. The normalized spacial score (nSPS) is 11.2. The van der Waals surface area contributed by atoms with Crippen molar-refractivity contribution in [3.8, 4) is 17.0 Å². The van der Waals surface area contributed by atoms with Crippen LogP contribution in [0.25, 0.3) is 33.3 Å². The van der Waals surface area contributed by atoms with Gasteiger partial charge in [-0.3, -0.25) is 4.79 Å². The van der Waals surface area contributed by atoms with Gasteiger partial charge in [-0.2, -0.15) is 4.98 Å². The first-order chi connectivity index (χ1) is 19.3. The van der Waals surface area contributed by atoms with Crippen molar-refractivity contribution in [1.82, 2.24) is 29.4 Å². The van der Waals surface area contributed by atoms with Crippen molar-refractivity contribution < 1.29 is 9.53 Å². The highest BCUT2D eigenvalue weighted by Crippen LogP contribution is 2.38. The molecule has 0 saturated carbocycles. The molecule has 0 bridgehead atoms. The van der Waals surface area contributed by atoms with Crippen molar-refractivity contribution in [2.75, 3.05) is 56.9 Å². The van der Waals surface area contributed by atoms with E-state index in [1.54, 1.807) is 7.11 Å². The van der Waals surface area contributed by atoms with Gasteiger partial charge in [0.2, 0.25) is 11.9 Å². The van der Waals surface area contributed by atoms with E-state index in [1.165, 1.54) is 6.08 Å². The molecular weight excluding hydrogens is 506 g/mol. The van der Waals surface area contributed by atoms with E-state index in [-0.39, 0.29) is 5.91 Å². The molecule has 0 atom stereocenters. The van der Waals surface area contributed by atoms with Crippen molar-refractivity contribution in [2.45, 2.75) is 0 Å². The fourth-order valence-electron chi connectivity index (χ4n) is 4.53. The van der Waals surface area contributed by atoms with Crippen LogP contribution in [0.2, 0.25) is 0 Å². The maximum Gasteiger partial charge on any atom is 0.247 e. The molecule has 0 aliphatic heterocycles. The van der Waals surface area contributed by atoms with Crippen molar-refractivity contribution in [2.24, 2.45) is 7.05 Å². The van der Waals surface area contributed by atoms with Crippen LogP contribution >= 0.6 is 0 Å². The Morgan fingerprint density at radius 2 is 1.98 bits per heavy atom. The second-order valence-electron chi connectivity index (χ2n) is 9.81. The molecule has 0 spiro atoms. The van der Waals surface area contributed by atoms with Crippen molar-refractivity contribution in [3.63, 3.8) is 0 Å². The fraction of sp³-hybridized carbons (Fsp3) is 0.241. The number of hydrogen-bond acceptors (Lipinski definition) is 8. The van der Waals surface area contributed by atoms with E-state index in [2.05, 4.69) is 43.0 Å². The molecule has 3 N–H and O–H groups in total. The number of benzene rings is 1. The predicted molar refractivity (Wildman–Crippen MR) is 161 cm³/mol. The van der Waals surface area contributed by atoms with Gasteiger partial charge in [0.1, 0.15) is 17.0 Å². The Hall–Kier alpha value is -4.90. The molecule has 5 rings (SSSR count). The molecule has 5 aromatic rings. The Labute approximate surface area is 232 Å². The Balaban J connectivity index is 1.56. The lowest BCUT2D eigenvalue weighted by molar-refractivity contribution is -0.111. The number of pyridine rings is 1. The SMILES string of the molecule is C=CC(=O)Nc1cc(Nc2nc(-c3cnc4c(ccn4C)c3)c3cc[nH]c3n2)c(OC)cc1N(C)CCN(C)C. The third-order valence-corrected chi connectivity index (χ3v) is 6.70. The molecule has 1 amide bonds. The third-order valence-electron chi connectivity index (χ3n) is 6.70. The fourth-order valence-corrected chi connectivity index (χ4v) is 4.53. The molecular formula is C29H33N9O2. The number of nitrogens with one attached hydrogen (secondary N) is 3. The molecule has 1 aromatic carbocycles. The molecule has 0 saturated heterocycles. The van der Waals surface area contributed by atoms with Crippen LogP contribution in [-0.4, -0.2) is 76.7 Å². The van der Waals surface area contributed by atoms with Gasteiger partial charge in [0, 0.05) is 68.2 Å². The van der Waals surface area contributed by atoms with Gasteiger partial charge in [-0.25, -0.2) is 9.97 Å². The molecule has 11 nitrogen and oxygen atoms in total. The van der Waals surface area contributed by atoms with E-state index >= 15 is 0 Å². The summed E-state index contributed by atoms with van der Waals surface area (Å²) >= 11 is 0. The number of nitrogens with zero attached hydrogens (tertiary/aromatic N) is 6. The first-order valence-corrected chi connectivity index (χ1v) is 12.8. The van der Waals surface area contributed by atoms with E-state index in [9.17, 15) is 4.79 Å². The molecule has 4 aromatic heterocycles. The Kier molecular flexibility index (Phi) is 7.39. The Morgan fingerprint density at radius 1 is 1.15 bits per heavy atom. The summed E-state index contributed by atoms with van der Waals surface area (Å²) in [6.07, 6.45) is 6.88. The first kappa shape index (κ1) is 26.7. The third kappa shape index (κ3) is 5.32. The van der Waals surface area contributed by atoms with Crippen LogP contribution in [0.5, 0.6) is 5.75 Å². The van der Waals surface area contributed by atoms with Gasteiger partial charge in [0.25, 0.3) is 0 Å². The molecule has 11 heteroatoms. The molecule has 0 fully saturated rings. The molecule has 40 heavy (non-hydrogen) atoms. The van der Waals surface area contributed by atoms with Crippen molar-refractivity contribution in [3.05, 3.63) is 61.6 Å². The summed E-state index contributed by atoms with van der Waals surface area (Å²) < 4.78 is 7.73. The number of aromatic amines is 1. The molecule has 0 aliphatic rings. The zero-order valence-corrected chi connectivity index (χ0v) is 23.3. The van der Waals surface area contributed by atoms with E-state index in [4.69, 9.17) is 14.7 Å². The average molecular weight is 540 g/mol. The highest BCUT2D eigenvalue weighted by Gasteiger charge is 2.18. The number of ether oxygens (including phenoxy) is 1. The lowest BCUT2D eigenvalue weighted by Gasteiger charge is -2.26. The number of carbonyl (C=O) groups is 1. The highest BCUT2D eigenvalue weighted by molar-refractivity contribution is 6.02. The maximum absolute atomic E-state index is 12.3. The van der Waals surface area contributed by atoms with E-state index in [0.717, 1.165) is 46.5 Å². The predicted octanol–water partition coefficient (Wildman–Crippen LogP) is 4.39. The number of methoxy groups -OCH3 is 1. The summed E-state index contributed by atoms with van der Waals surface area (Å²) in [4.78, 5) is 33.9. The molecule has 206 valence electrons. The molecule has 0 aliphatic carbocycles. The van der Waals surface area contributed by atoms with Crippen LogP contribution in [0.15, 0.2) is 61.6 Å². The van der Waals surface area contributed by atoms with Crippen LogP contribution in [0.3, 0.4) is 0 Å². The minimum atomic E-state index is -0.312. The van der Waals surface area contributed by atoms with Gasteiger partial charge < -0.3 is 34.7 Å². The number of carbonyl (C=O) groups excluding carboxylic acids is 1. The zero-order chi connectivity index (χ0) is 28.4. The highest BCUT2D eigenvalue weighted by atomic mass is 16.5. The van der Waals surface area contributed by atoms with E-state index in [0.29, 0.717) is 28.7 Å². The number of anilines is 4. The quantitative estimate of drug-likeness (QED) is 0.224. The topological polar surface area (TPSA) is 116 Å². The summed E-state index contributed by atoms with van der Waals surface area (Å²) in [6, 6.07) is 9.76. The van der Waals surface area contributed by atoms with Crippen LogP contribution in [0.4, 0.5) is 23.0 Å². The summed E-state index contributed by atoms with van der Waals surface area (Å²) in [6.45, 7) is 5.18. The van der Waals surface area contributed by atoms with Crippen LogP contribution in [0.1, 0.15) is 0 Å². The van der Waals surface area contributed by atoms with Crippen LogP contribution < -0.4 is 20.3 Å². The summed E-state index contributed by atoms with van der Waals surface area (Å²) in [5, 5.41) is 8.14. The molecule has 0 unspecified atom stereocenters. The summed E-state index contributed by atoms with van der Waals surface area (Å²) in [5.41, 5.74) is 5.21. The number of hydrogen-bond donors (Lipinski definition) is 3. The van der Waals surface area contributed by atoms with E-state index < -0.39 is 0 Å². The van der Waals surface area contributed by atoms with Gasteiger partial charge in [0.05, 0.1) is 29.9 Å². The maximum atomic E-state index is 12.3. The number of likely N-dealkylation sites (N-methyl/N-ethyl adjacent to an activating group) is 2. The molecule has 4 heterocycles. The van der Waals surface area contributed by atoms with Crippen LogP contribution in [0, 0.1) is 0 Å². The number of fused-ring (bicyclic) bond motifs is 2. The minimum Gasteiger partial charge on any atom is -0.494 e. The second-order valence-corrected chi connectivity index (χ2v) is 9.81. The first-order valence-electron chi connectivity index (χ1n) is 12.8. The average Bonchev–Trinajstić information content (AvgIpc) is 3.57. The van der Waals surface area contributed by atoms with Gasteiger partial charge in [-0.15, -0.1) is 0 Å². The monoisotopic (exact) mass is 539 g/mol. The number of aryl methyl sites for hydroxylation is 1. The standard InChI is InChI=1S/C29H33N9O2/c1-7-25(39)32-21-15-22(24(40-6)16-23(21)37(4)13-12-36(2)3)33-29-34-26(20-8-10-30-27(20)35-29)19-14-18-9-11-38(5)28(18)31-17-19/h7-11,14-17H,1,12-13H2,2-6H3,(H,32,39)(H2,30,33,34,35). The number of rotatable bonds is 10. The Bertz CT molecular complexity index is 1700. The van der Waals surface area contributed by atoms with Gasteiger partial charge in [-0.05, 0) is 44.4 Å². The van der Waals surface area contributed by atoms with Gasteiger partial charge >= 0.3 is 0 Å². The minimum absolute atomic E-state index is 0.312. The zero-order valence-electron chi connectivity index (χ0n) is 23.3. The lowest BCUT2D eigenvalue weighted by atomic mass is 10.1.